The molecule has 0 unspecified atom stereocenters. The molecule has 4 heteroatoms. The SMILES string of the molecule is Cc1ccc(-c2cncn2C)o1.Cl. The molecule has 3 nitrogen and oxygen atoms in total. The van der Waals surface area contributed by atoms with E-state index in [1.807, 2.05) is 30.7 Å². The van der Waals surface area contributed by atoms with E-state index >= 15 is 0 Å². The van der Waals surface area contributed by atoms with Crippen LogP contribution < -0.4 is 0 Å². The monoisotopic (exact) mass is 198 g/mol. The Kier molecular flexibility index (Phi) is 2.78. The highest BCUT2D eigenvalue weighted by Crippen LogP contribution is 2.20. The number of imidazole rings is 1. The van der Waals surface area contributed by atoms with Crippen LogP contribution in [0.2, 0.25) is 0 Å². The Morgan fingerprint density at radius 1 is 1.38 bits per heavy atom. The first-order chi connectivity index (χ1) is 5.77. The minimum absolute atomic E-state index is 0. The number of hydrogen-bond acceptors (Lipinski definition) is 2. The number of nitrogens with zero attached hydrogens (tertiary/aromatic N) is 2. The van der Waals surface area contributed by atoms with Gasteiger partial charge in [0.15, 0.2) is 5.76 Å². The van der Waals surface area contributed by atoms with Crippen molar-refractivity contribution in [2.75, 3.05) is 0 Å². The van der Waals surface area contributed by atoms with E-state index in [1.54, 1.807) is 12.5 Å². The van der Waals surface area contributed by atoms with Crippen molar-refractivity contribution in [3.05, 3.63) is 30.4 Å². The van der Waals surface area contributed by atoms with Gasteiger partial charge in [-0.1, -0.05) is 0 Å². The largest absolute Gasteiger partial charge is 0.460 e. The molecule has 0 aliphatic rings. The van der Waals surface area contributed by atoms with E-state index in [1.165, 1.54) is 0 Å². The van der Waals surface area contributed by atoms with Crippen molar-refractivity contribution in [3.63, 3.8) is 0 Å². The Labute approximate surface area is 82.8 Å². The standard InChI is InChI=1S/C9H10N2O.ClH/c1-7-3-4-9(12-7)8-5-10-6-11(8)2;/h3-6H,1-2H3;1H. The van der Waals surface area contributed by atoms with Crippen LogP contribution in [0.3, 0.4) is 0 Å². The van der Waals surface area contributed by atoms with Crippen LogP contribution >= 0.6 is 12.4 Å². The molecule has 2 aromatic rings. The van der Waals surface area contributed by atoms with Gasteiger partial charge in [0.1, 0.15) is 11.5 Å². The quantitative estimate of drug-likeness (QED) is 0.705. The highest BCUT2D eigenvalue weighted by atomic mass is 35.5. The maximum atomic E-state index is 5.45. The van der Waals surface area contributed by atoms with E-state index in [4.69, 9.17) is 4.42 Å². The number of furan rings is 1. The lowest BCUT2D eigenvalue weighted by Gasteiger charge is -1.95. The lowest BCUT2D eigenvalue weighted by molar-refractivity contribution is 0.544. The molecule has 2 heterocycles. The van der Waals surface area contributed by atoms with Crippen molar-refractivity contribution in [1.29, 1.82) is 0 Å². The van der Waals surface area contributed by atoms with Gasteiger partial charge in [0, 0.05) is 7.05 Å². The predicted molar refractivity (Wildman–Crippen MR) is 52.9 cm³/mol. The number of aromatic nitrogens is 2. The lowest BCUT2D eigenvalue weighted by atomic mass is 10.3. The Morgan fingerprint density at radius 2 is 2.15 bits per heavy atom. The van der Waals surface area contributed by atoms with Gasteiger partial charge < -0.3 is 8.98 Å². The Balaban J connectivity index is 0.000000845. The summed E-state index contributed by atoms with van der Waals surface area (Å²) in [6, 6.07) is 3.90. The van der Waals surface area contributed by atoms with Gasteiger partial charge in [-0.3, -0.25) is 0 Å². The number of rotatable bonds is 1. The van der Waals surface area contributed by atoms with Crippen LogP contribution in [0.15, 0.2) is 29.1 Å². The first kappa shape index (κ1) is 9.86. The summed E-state index contributed by atoms with van der Waals surface area (Å²) in [5.74, 6) is 1.79. The highest BCUT2D eigenvalue weighted by Gasteiger charge is 2.05. The summed E-state index contributed by atoms with van der Waals surface area (Å²) in [5.41, 5.74) is 1.00. The summed E-state index contributed by atoms with van der Waals surface area (Å²) >= 11 is 0. The van der Waals surface area contributed by atoms with Gasteiger partial charge in [0.2, 0.25) is 0 Å². The molecule has 2 rings (SSSR count). The zero-order valence-electron chi connectivity index (χ0n) is 7.52. The van der Waals surface area contributed by atoms with Gasteiger partial charge in [0.05, 0.1) is 12.5 Å². The zero-order chi connectivity index (χ0) is 8.55. The summed E-state index contributed by atoms with van der Waals surface area (Å²) in [6.07, 6.45) is 3.55. The molecule has 0 amide bonds. The van der Waals surface area contributed by atoms with E-state index in [2.05, 4.69) is 4.98 Å². The van der Waals surface area contributed by atoms with Crippen molar-refractivity contribution in [2.45, 2.75) is 6.92 Å². The van der Waals surface area contributed by atoms with E-state index in [-0.39, 0.29) is 12.4 Å². The van der Waals surface area contributed by atoms with Crippen molar-refractivity contribution in [3.8, 4) is 11.5 Å². The minimum Gasteiger partial charge on any atom is -0.460 e. The summed E-state index contributed by atoms with van der Waals surface area (Å²) in [4.78, 5) is 4.01. The second-order valence-corrected chi connectivity index (χ2v) is 2.80. The topological polar surface area (TPSA) is 31.0 Å². The molecule has 0 aliphatic carbocycles. The molecule has 70 valence electrons. The van der Waals surface area contributed by atoms with Gasteiger partial charge in [-0.15, -0.1) is 12.4 Å². The van der Waals surface area contributed by atoms with Crippen LogP contribution in [-0.4, -0.2) is 9.55 Å². The van der Waals surface area contributed by atoms with Gasteiger partial charge in [-0.2, -0.15) is 0 Å². The van der Waals surface area contributed by atoms with Crippen LogP contribution in [0.1, 0.15) is 5.76 Å². The molecular weight excluding hydrogens is 188 g/mol. The van der Waals surface area contributed by atoms with E-state index in [9.17, 15) is 0 Å². The average molecular weight is 199 g/mol. The fraction of sp³-hybridized carbons (Fsp3) is 0.222. The Morgan fingerprint density at radius 3 is 2.62 bits per heavy atom. The number of halogens is 1. The minimum atomic E-state index is 0. The van der Waals surface area contributed by atoms with Crippen molar-refractivity contribution >= 4 is 12.4 Å². The Bertz CT molecular complexity index is 392. The third-order valence-corrected chi connectivity index (χ3v) is 1.81. The molecule has 2 aromatic heterocycles. The smallest absolute Gasteiger partial charge is 0.152 e. The predicted octanol–water partition coefficient (Wildman–Crippen LogP) is 2.41. The van der Waals surface area contributed by atoms with E-state index in [0.29, 0.717) is 0 Å². The first-order valence-corrected chi connectivity index (χ1v) is 3.80. The summed E-state index contributed by atoms with van der Waals surface area (Å²) in [6.45, 7) is 1.93. The van der Waals surface area contributed by atoms with Crippen LogP contribution in [-0.2, 0) is 7.05 Å². The molecule has 0 saturated carbocycles. The fourth-order valence-electron chi connectivity index (χ4n) is 1.17. The van der Waals surface area contributed by atoms with Gasteiger partial charge in [-0.05, 0) is 19.1 Å². The van der Waals surface area contributed by atoms with Crippen molar-refractivity contribution < 1.29 is 4.42 Å². The zero-order valence-corrected chi connectivity index (χ0v) is 8.34. The molecule has 0 spiro atoms. The normalized spacial score (nSPS) is 9.69. The molecule has 0 bridgehead atoms. The second kappa shape index (κ2) is 3.66. The molecule has 0 saturated heterocycles. The molecular formula is C9H11ClN2O. The molecule has 0 fully saturated rings. The summed E-state index contributed by atoms with van der Waals surface area (Å²) in [5, 5.41) is 0. The van der Waals surface area contributed by atoms with E-state index < -0.39 is 0 Å². The number of hydrogen-bond donors (Lipinski definition) is 0. The van der Waals surface area contributed by atoms with Crippen LogP contribution in [0.5, 0.6) is 0 Å². The van der Waals surface area contributed by atoms with Crippen LogP contribution in [0, 0.1) is 6.92 Å². The fourth-order valence-corrected chi connectivity index (χ4v) is 1.17. The second-order valence-electron chi connectivity index (χ2n) is 2.80. The van der Waals surface area contributed by atoms with Crippen molar-refractivity contribution in [2.24, 2.45) is 7.05 Å². The summed E-state index contributed by atoms with van der Waals surface area (Å²) < 4.78 is 7.38. The third kappa shape index (κ3) is 1.75. The molecule has 0 N–H and O–H groups in total. The maximum Gasteiger partial charge on any atom is 0.152 e. The van der Waals surface area contributed by atoms with Crippen LogP contribution in [0.25, 0.3) is 11.5 Å². The number of aryl methyl sites for hydroxylation is 2. The maximum absolute atomic E-state index is 5.45. The van der Waals surface area contributed by atoms with Gasteiger partial charge in [-0.25, -0.2) is 4.98 Å². The average Bonchev–Trinajstić information content (AvgIpc) is 2.58. The van der Waals surface area contributed by atoms with Crippen LogP contribution in [0.4, 0.5) is 0 Å². The van der Waals surface area contributed by atoms with E-state index in [0.717, 1.165) is 17.2 Å². The summed E-state index contributed by atoms with van der Waals surface area (Å²) in [7, 11) is 1.94. The van der Waals surface area contributed by atoms with Crippen molar-refractivity contribution in [1.82, 2.24) is 9.55 Å². The van der Waals surface area contributed by atoms with Gasteiger partial charge in [0.25, 0.3) is 0 Å². The molecule has 13 heavy (non-hydrogen) atoms. The van der Waals surface area contributed by atoms with Gasteiger partial charge >= 0.3 is 0 Å². The molecule has 0 aromatic carbocycles. The molecule has 0 aliphatic heterocycles. The molecule has 0 atom stereocenters. The molecule has 0 radical (unpaired) electrons. The first-order valence-electron chi connectivity index (χ1n) is 3.80. The third-order valence-electron chi connectivity index (χ3n) is 1.81. The Hall–Kier alpha value is -1.22. The lowest BCUT2D eigenvalue weighted by Crippen LogP contribution is -1.86. The highest BCUT2D eigenvalue weighted by molar-refractivity contribution is 5.85.